The molecule has 1 N–H and O–H groups in total. The van der Waals surface area contributed by atoms with Crippen molar-refractivity contribution in [1.82, 2.24) is 4.90 Å². The monoisotopic (exact) mass is 245 g/mol. The largest absolute Gasteiger partial charge is 0.462 e. The van der Waals surface area contributed by atoms with Crippen LogP contribution in [0.1, 0.15) is 17.1 Å². The van der Waals surface area contributed by atoms with Crippen LogP contribution in [0.5, 0.6) is 0 Å². The van der Waals surface area contributed by atoms with Gasteiger partial charge in [-0.05, 0) is 31.2 Å². The fourth-order valence-electron chi connectivity index (χ4n) is 1.90. The Labute approximate surface area is 108 Å². The van der Waals surface area contributed by atoms with Crippen LogP contribution in [0, 0.1) is 0 Å². The lowest BCUT2D eigenvalue weighted by atomic mass is 10.1. The average Bonchev–Trinajstić information content (AvgIpc) is 2.85. The minimum Gasteiger partial charge on any atom is -0.462 e. The molecule has 0 amide bonds. The van der Waals surface area contributed by atoms with Gasteiger partial charge in [0.05, 0.1) is 6.54 Å². The Hall–Kier alpha value is -1.58. The number of aliphatic hydroxyl groups is 1. The van der Waals surface area contributed by atoms with E-state index in [1.54, 1.807) is 0 Å². The summed E-state index contributed by atoms with van der Waals surface area (Å²) in [5.74, 6) is 1.52. The third kappa shape index (κ3) is 3.72. The molecule has 0 atom stereocenters. The zero-order chi connectivity index (χ0) is 12.8. The van der Waals surface area contributed by atoms with Gasteiger partial charge in [-0.15, -0.1) is 0 Å². The van der Waals surface area contributed by atoms with Gasteiger partial charge in [0.2, 0.25) is 0 Å². The van der Waals surface area contributed by atoms with E-state index in [-0.39, 0.29) is 6.61 Å². The number of hydrogen-bond acceptors (Lipinski definition) is 3. The predicted octanol–water partition coefficient (Wildman–Crippen LogP) is 2.45. The van der Waals surface area contributed by atoms with Gasteiger partial charge >= 0.3 is 0 Å². The molecule has 0 aliphatic heterocycles. The molecule has 0 aliphatic rings. The van der Waals surface area contributed by atoms with E-state index in [0.29, 0.717) is 5.76 Å². The maximum absolute atomic E-state index is 8.93. The van der Waals surface area contributed by atoms with Crippen molar-refractivity contribution >= 4 is 0 Å². The van der Waals surface area contributed by atoms with Gasteiger partial charge in [0.15, 0.2) is 0 Å². The molecule has 0 saturated carbocycles. The van der Waals surface area contributed by atoms with E-state index in [0.717, 1.165) is 25.3 Å². The van der Waals surface area contributed by atoms with Crippen LogP contribution in [0.2, 0.25) is 0 Å². The zero-order valence-electron chi connectivity index (χ0n) is 10.7. The molecule has 2 aromatic rings. The third-order valence-corrected chi connectivity index (χ3v) is 2.92. The van der Waals surface area contributed by atoms with Crippen molar-refractivity contribution in [2.75, 3.05) is 13.6 Å². The summed E-state index contributed by atoms with van der Waals surface area (Å²) in [4.78, 5) is 2.22. The van der Waals surface area contributed by atoms with E-state index in [4.69, 9.17) is 9.52 Å². The van der Waals surface area contributed by atoms with Gasteiger partial charge in [-0.25, -0.2) is 0 Å². The predicted molar refractivity (Wildman–Crippen MR) is 71.1 cm³/mol. The Balaban J connectivity index is 1.80. The number of nitrogens with zero attached hydrogens (tertiary/aromatic N) is 1. The quantitative estimate of drug-likeness (QED) is 0.849. The molecule has 96 valence electrons. The first kappa shape index (κ1) is 12.9. The average molecular weight is 245 g/mol. The molecule has 1 heterocycles. The van der Waals surface area contributed by atoms with Gasteiger partial charge in [-0.2, -0.15) is 0 Å². The Bertz CT molecular complexity index is 464. The first-order valence-corrected chi connectivity index (χ1v) is 6.19. The Morgan fingerprint density at radius 2 is 1.78 bits per heavy atom. The van der Waals surface area contributed by atoms with Gasteiger partial charge < -0.3 is 9.52 Å². The Morgan fingerprint density at radius 1 is 1.06 bits per heavy atom. The molecule has 1 aromatic carbocycles. The van der Waals surface area contributed by atoms with Crippen LogP contribution >= 0.6 is 0 Å². The Morgan fingerprint density at radius 3 is 2.44 bits per heavy atom. The molecule has 0 bridgehead atoms. The van der Waals surface area contributed by atoms with Gasteiger partial charge in [-0.3, -0.25) is 4.90 Å². The minimum atomic E-state index is -0.0340. The van der Waals surface area contributed by atoms with Gasteiger partial charge in [0.1, 0.15) is 18.1 Å². The highest BCUT2D eigenvalue weighted by Crippen LogP contribution is 2.10. The van der Waals surface area contributed by atoms with Crippen LogP contribution in [-0.2, 0) is 19.6 Å². The molecule has 3 heteroatoms. The van der Waals surface area contributed by atoms with E-state index >= 15 is 0 Å². The molecule has 0 unspecified atom stereocenters. The van der Waals surface area contributed by atoms with Crippen molar-refractivity contribution in [3.63, 3.8) is 0 Å². The molecular formula is C15H19NO2. The van der Waals surface area contributed by atoms with Crippen molar-refractivity contribution in [3.8, 4) is 0 Å². The molecular weight excluding hydrogens is 226 g/mol. The summed E-state index contributed by atoms with van der Waals surface area (Å²) in [7, 11) is 2.07. The molecule has 18 heavy (non-hydrogen) atoms. The van der Waals surface area contributed by atoms with E-state index in [1.807, 2.05) is 18.2 Å². The molecule has 3 nitrogen and oxygen atoms in total. The fraction of sp³-hybridized carbons (Fsp3) is 0.333. The molecule has 0 saturated heterocycles. The van der Waals surface area contributed by atoms with Crippen molar-refractivity contribution in [1.29, 1.82) is 0 Å². The van der Waals surface area contributed by atoms with Crippen LogP contribution in [0.25, 0.3) is 0 Å². The molecule has 0 aliphatic carbocycles. The third-order valence-electron chi connectivity index (χ3n) is 2.92. The maximum Gasteiger partial charge on any atom is 0.129 e. The lowest BCUT2D eigenvalue weighted by Gasteiger charge is -2.14. The number of likely N-dealkylation sites (N-methyl/N-ethyl adjacent to an activating group) is 1. The normalized spacial score (nSPS) is 11.1. The van der Waals surface area contributed by atoms with Crippen LogP contribution in [0.3, 0.4) is 0 Å². The summed E-state index contributed by atoms with van der Waals surface area (Å²) in [6, 6.07) is 14.2. The fourth-order valence-corrected chi connectivity index (χ4v) is 1.90. The van der Waals surface area contributed by atoms with Crippen molar-refractivity contribution in [2.24, 2.45) is 0 Å². The van der Waals surface area contributed by atoms with E-state index in [1.165, 1.54) is 5.56 Å². The summed E-state index contributed by atoms with van der Waals surface area (Å²) in [5, 5.41) is 8.93. The first-order valence-electron chi connectivity index (χ1n) is 6.19. The minimum absolute atomic E-state index is 0.0340. The first-order chi connectivity index (χ1) is 8.78. The van der Waals surface area contributed by atoms with E-state index in [2.05, 4.69) is 36.2 Å². The Kier molecular flexibility index (Phi) is 4.56. The number of rotatable bonds is 6. The maximum atomic E-state index is 8.93. The SMILES string of the molecule is CN(CCc1ccccc1)Cc1ccc(CO)o1. The van der Waals surface area contributed by atoms with Crippen molar-refractivity contribution in [3.05, 3.63) is 59.5 Å². The number of furan rings is 1. The summed E-state index contributed by atoms with van der Waals surface area (Å²) in [6.45, 7) is 1.72. The zero-order valence-corrected chi connectivity index (χ0v) is 10.7. The summed E-state index contributed by atoms with van der Waals surface area (Å²) in [5.41, 5.74) is 1.35. The molecule has 2 rings (SSSR count). The second-order valence-electron chi connectivity index (χ2n) is 4.50. The van der Waals surface area contributed by atoms with Crippen LogP contribution in [0.15, 0.2) is 46.9 Å². The standard InChI is InChI=1S/C15H19NO2/c1-16(10-9-13-5-3-2-4-6-13)11-14-7-8-15(12-17)18-14/h2-8,17H,9-12H2,1H3. The van der Waals surface area contributed by atoms with Crippen molar-refractivity contribution < 1.29 is 9.52 Å². The molecule has 1 aromatic heterocycles. The number of benzene rings is 1. The van der Waals surface area contributed by atoms with Gasteiger partial charge in [0.25, 0.3) is 0 Å². The molecule has 0 radical (unpaired) electrons. The van der Waals surface area contributed by atoms with Gasteiger partial charge in [-0.1, -0.05) is 30.3 Å². The highest BCUT2D eigenvalue weighted by atomic mass is 16.4. The van der Waals surface area contributed by atoms with E-state index < -0.39 is 0 Å². The highest BCUT2D eigenvalue weighted by molar-refractivity contribution is 5.15. The second-order valence-corrected chi connectivity index (χ2v) is 4.50. The summed E-state index contributed by atoms with van der Waals surface area (Å²) >= 11 is 0. The summed E-state index contributed by atoms with van der Waals surface area (Å²) < 4.78 is 5.46. The summed E-state index contributed by atoms with van der Waals surface area (Å²) in [6.07, 6.45) is 1.03. The second kappa shape index (κ2) is 6.38. The molecule has 0 spiro atoms. The van der Waals surface area contributed by atoms with Crippen LogP contribution in [-0.4, -0.2) is 23.6 Å². The number of aliphatic hydroxyl groups excluding tert-OH is 1. The van der Waals surface area contributed by atoms with Crippen molar-refractivity contribution in [2.45, 2.75) is 19.6 Å². The topological polar surface area (TPSA) is 36.6 Å². The van der Waals surface area contributed by atoms with Crippen LogP contribution in [0.4, 0.5) is 0 Å². The lowest BCUT2D eigenvalue weighted by Crippen LogP contribution is -2.20. The van der Waals surface area contributed by atoms with E-state index in [9.17, 15) is 0 Å². The van der Waals surface area contributed by atoms with Gasteiger partial charge in [0, 0.05) is 6.54 Å². The molecule has 0 fully saturated rings. The van der Waals surface area contributed by atoms with Crippen LogP contribution < -0.4 is 0 Å². The number of hydrogen-bond donors (Lipinski definition) is 1. The highest BCUT2D eigenvalue weighted by Gasteiger charge is 2.05. The lowest BCUT2D eigenvalue weighted by molar-refractivity contribution is 0.233. The smallest absolute Gasteiger partial charge is 0.129 e.